The molecule has 0 heterocycles. The zero-order chi connectivity index (χ0) is 21.3. The maximum atomic E-state index is 12.3. The summed E-state index contributed by atoms with van der Waals surface area (Å²) in [7, 11) is 0. The van der Waals surface area contributed by atoms with E-state index in [1.807, 2.05) is 6.07 Å². The van der Waals surface area contributed by atoms with E-state index < -0.39 is 0 Å². The molecule has 3 nitrogen and oxygen atoms in total. The second-order valence-corrected chi connectivity index (χ2v) is 8.51. The van der Waals surface area contributed by atoms with Gasteiger partial charge in [0.15, 0.2) is 0 Å². The molecular weight excluding hydrogens is 380 g/mol. The van der Waals surface area contributed by atoms with Crippen molar-refractivity contribution in [3.63, 3.8) is 0 Å². The Bertz CT molecular complexity index is 938. The third kappa shape index (κ3) is 5.97. The van der Waals surface area contributed by atoms with Crippen LogP contribution in [0.2, 0.25) is 0 Å². The summed E-state index contributed by atoms with van der Waals surface area (Å²) in [6.45, 7) is 1.39. The number of hydrogen-bond acceptors (Lipinski definition) is 1. The van der Waals surface area contributed by atoms with Crippen molar-refractivity contribution in [2.45, 2.75) is 38.0 Å². The Labute approximate surface area is 185 Å². The third-order valence-corrected chi connectivity index (χ3v) is 6.42. The van der Waals surface area contributed by atoms with Gasteiger partial charge in [0.2, 0.25) is 0 Å². The van der Waals surface area contributed by atoms with Gasteiger partial charge in [-0.3, -0.25) is 0 Å². The molecule has 2 N–H and O–H groups in total. The molecule has 3 aromatic carbocycles. The molecule has 1 fully saturated rings. The normalized spacial score (nSPS) is 18.3. The molecule has 1 saturated carbocycles. The van der Waals surface area contributed by atoms with Crippen molar-refractivity contribution in [1.82, 2.24) is 10.6 Å². The average molecular weight is 413 g/mol. The monoisotopic (exact) mass is 412 g/mol. The molecule has 160 valence electrons. The highest BCUT2D eigenvalue weighted by molar-refractivity contribution is 5.73. The molecule has 1 aliphatic rings. The van der Waals surface area contributed by atoms with Crippen LogP contribution in [-0.2, 0) is 6.42 Å². The van der Waals surface area contributed by atoms with Crippen molar-refractivity contribution in [2.75, 3.05) is 13.1 Å². The van der Waals surface area contributed by atoms with Gasteiger partial charge in [0.05, 0.1) is 0 Å². The van der Waals surface area contributed by atoms with Crippen molar-refractivity contribution in [1.29, 1.82) is 0 Å². The fourth-order valence-corrected chi connectivity index (χ4v) is 4.69. The zero-order valence-electron chi connectivity index (χ0n) is 18.1. The van der Waals surface area contributed by atoms with Gasteiger partial charge in [-0.15, -0.1) is 0 Å². The number of urea groups is 1. The van der Waals surface area contributed by atoms with E-state index in [0.717, 1.165) is 13.0 Å². The lowest BCUT2D eigenvalue weighted by Crippen LogP contribution is -2.40. The maximum absolute atomic E-state index is 12.3. The van der Waals surface area contributed by atoms with Crippen molar-refractivity contribution in [3.8, 4) is 11.1 Å². The Morgan fingerprint density at radius 2 is 1.39 bits per heavy atom. The summed E-state index contributed by atoms with van der Waals surface area (Å²) in [5, 5.41) is 6.14. The lowest BCUT2D eigenvalue weighted by molar-refractivity contribution is 0.233. The van der Waals surface area contributed by atoms with Crippen LogP contribution in [0.5, 0.6) is 0 Å². The van der Waals surface area contributed by atoms with Crippen LogP contribution in [0.3, 0.4) is 0 Å². The van der Waals surface area contributed by atoms with E-state index in [1.54, 1.807) is 0 Å². The van der Waals surface area contributed by atoms with Gasteiger partial charge in [-0.25, -0.2) is 4.79 Å². The molecule has 0 spiro atoms. The summed E-state index contributed by atoms with van der Waals surface area (Å²) in [5.74, 6) is 1.07. The van der Waals surface area contributed by atoms with Gasteiger partial charge in [0.1, 0.15) is 0 Å². The highest BCUT2D eigenvalue weighted by atomic mass is 16.2. The molecule has 0 radical (unpaired) electrons. The van der Waals surface area contributed by atoms with Gasteiger partial charge in [-0.1, -0.05) is 97.8 Å². The Morgan fingerprint density at radius 1 is 0.742 bits per heavy atom. The van der Waals surface area contributed by atoms with Gasteiger partial charge < -0.3 is 10.6 Å². The average Bonchev–Trinajstić information content (AvgIpc) is 2.84. The predicted octanol–water partition coefficient (Wildman–Crippen LogP) is 6.17. The maximum Gasteiger partial charge on any atom is 0.314 e. The third-order valence-electron chi connectivity index (χ3n) is 6.42. The second-order valence-electron chi connectivity index (χ2n) is 8.51. The second kappa shape index (κ2) is 10.8. The van der Waals surface area contributed by atoms with Crippen molar-refractivity contribution in [2.24, 2.45) is 5.92 Å². The van der Waals surface area contributed by atoms with Crippen LogP contribution in [0, 0.1) is 5.92 Å². The van der Waals surface area contributed by atoms with Crippen molar-refractivity contribution < 1.29 is 4.79 Å². The zero-order valence-corrected chi connectivity index (χ0v) is 18.1. The van der Waals surface area contributed by atoms with Crippen LogP contribution in [0.25, 0.3) is 11.1 Å². The molecule has 0 aromatic heterocycles. The molecule has 1 aliphatic carbocycles. The molecule has 0 bridgehead atoms. The number of amides is 2. The summed E-state index contributed by atoms with van der Waals surface area (Å²) in [6.07, 6.45) is 5.78. The Balaban J connectivity index is 1.21. The Kier molecular flexibility index (Phi) is 7.38. The highest BCUT2D eigenvalue weighted by Gasteiger charge is 2.26. The van der Waals surface area contributed by atoms with Crippen LogP contribution < -0.4 is 10.6 Å². The summed E-state index contributed by atoms with van der Waals surface area (Å²) < 4.78 is 0. The highest BCUT2D eigenvalue weighted by Crippen LogP contribution is 2.37. The van der Waals surface area contributed by atoms with E-state index >= 15 is 0 Å². The lowest BCUT2D eigenvalue weighted by Gasteiger charge is -2.32. The van der Waals surface area contributed by atoms with Gasteiger partial charge in [0, 0.05) is 13.1 Å². The number of hydrogen-bond donors (Lipinski definition) is 2. The first kappa shape index (κ1) is 21.2. The van der Waals surface area contributed by atoms with E-state index in [-0.39, 0.29) is 6.03 Å². The quantitative estimate of drug-likeness (QED) is 0.479. The number of carbonyl (C=O) groups excluding carboxylic acids is 1. The number of carbonyl (C=O) groups is 1. The molecule has 2 amide bonds. The van der Waals surface area contributed by atoms with E-state index in [2.05, 4.69) is 89.5 Å². The fraction of sp³-hybridized carbons (Fsp3) is 0.321. The van der Waals surface area contributed by atoms with Gasteiger partial charge >= 0.3 is 6.03 Å². The molecule has 31 heavy (non-hydrogen) atoms. The van der Waals surface area contributed by atoms with Gasteiger partial charge in [-0.05, 0) is 53.4 Å². The van der Waals surface area contributed by atoms with Crippen LogP contribution in [0.1, 0.15) is 42.7 Å². The molecular formula is C28H32N2O. The lowest BCUT2D eigenvalue weighted by atomic mass is 9.75. The molecule has 2 unspecified atom stereocenters. The van der Waals surface area contributed by atoms with Crippen molar-refractivity contribution >= 4 is 6.03 Å². The van der Waals surface area contributed by atoms with Crippen LogP contribution in [0.15, 0.2) is 84.9 Å². The molecule has 4 rings (SSSR count). The van der Waals surface area contributed by atoms with Crippen molar-refractivity contribution in [3.05, 3.63) is 96.1 Å². The summed E-state index contributed by atoms with van der Waals surface area (Å²) in [4.78, 5) is 12.3. The smallest absolute Gasteiger partial charge is 0.314 e. The standard InChI is InChI=1S/C28H32N2O/c31-28(30-21-26-13-7-8-14-27(26)25-11-5-2-6-12-25)29-20-19-22-15-17-24(18-16-22)23-9-3-1-4-10-23/h1-6,9-12,15-18,26-27H,7-8,13-14,19-21H2,(H2,29,30,31). The minimum absolute atomic E-state index is 0.0571. The summed E-state index contributed by atoms with van der Waals surface area (Å²) in [6, 6.07) is 29.7. The SMILES string of the molecule is O=C(NCCc1ccc(-c2ccccc2)cc1)NCC1CCCCC1c1ccccc1. The molecule has 2 atom stereocenters. The van der Waals surface area contributed by atoms with E-state index in [1.165, 1.54) is 47.9 Å². The Morgan fingerprint density at radius 3 is 2.13 bits per heavy atom. The number of rotatable bonds is 7. The molecule has 0 saturated heterocycles. The van der Waals surface area contributed by atoms with Gasteiger partial charge in [0.25, 0.3) is 0 Å². The Hall–Kier alpha value is -3.07. The number of benzene rings is 3. The minimum Gasteiger partial charge on any atom is -0.338 e. The topological polar surface area (TPSA) is 41.1 Å². The minimum atomic E-state index is -0.0571. The van der Waals surface area contributed by atoms with E-state index in [4.69, 9.17) is 0 Å². The summed E-state index contributed by atoms with van der Waals surface area (Å²) >= 11 is 0. The van der Waals surface area contributed by atoms with Crippen LogP contribution >= 0.6 is 0 Å². The number of nitrogens with one attached hydrogen (secondary N) is 2. The molecule has 3 aromatic rings. The first-order valence-electron chi connectivity index (χ1n) is 11.5. The van der Waals surface area contributed by atoms with Gasteiger partial charge in [-0.2, -0.15) is 0 Å². The van der Waals surface area contributed by atoms with E-state index in [9.17, 15) is 4.79 Å². The van der Waals surface area contributed by atoms with E-state index in [0.29, 0.717) is 18.4 Å². The first-order valence-corrected chi connectivity index (χ1v) is 11.5. The molecule has 0 aliphatic heterocycles. The van der Waals surface area contributed by atoms with Crippen LogP contribution in [0.4, 0.5) is 4.79 Å². The largest absolute Gasteiger partial charge is 0.338 e. The fourth-order valence-electron chi connectivity index (χ4n) is 4.69. The summed E-state index contributed by atoms with van der Waals surface area (Å²) in [5.41, 5.74) is 5.09. The first-order chi connectivity index (χ1) is 15.3. The van der Waals surface area contributed by atoms with Crippen LogP contribution in [-0.4, -0.2) is 19.1 Å². The molecule has 3 heteroatoms. The predicted molar refractivity (Wildman–Crippen MR) is 128 cm³/mol.